The number of nitrogens with one attached hydrogen (secondary N) is 2. The summed E-state index contributed by atoms with van der Waals surface area (Å²) in [4.78, 5) is 5.29. The lowest BCUT2D eigenvalue weighted by atomic mass is 9.80. The van der Waals surface area contributed by atoms with Gasteiger partial charge in [0.1, 0.15) is 18.2 Å². The number of fused-ring (bicyclic) bond motifs is 4. The smallest absolute Gasteiger partial charge is 0.131 e. The van der Waals surface area contributed by atoms with Crippen molar-refractivity contribution in [1.29, 1.82) is 0 Å². The van der Waals surface area contributed by atoms with Crippen molar-refractivity contribution in [2.24, 2.45) is 4.99 Å². The van der Waals surface area contributed by atoms with Gasteiger partial charge in [-0.3, -0.25) is 5.32 Å². The highest BCUT2D eigenvalue weighted by molar-refractivity contribution is 6.09. The van der Waals surface area contributed by atoms with E-state index in [9.17, 15) is 0 Å². The van der Waals surface area contributed by atoms with Gasteiger partial charge in [0.25, 0.3) is 0 Å². The molecule has 0 bridgehead atoms. The summed E-state index contributed by atoms with van der Waals surface area (Å²) in [7, 11) is 0. The third kappa shape index (κ3) is 5.06. The third-order valence-electron chi connectivity index (χ3n) is 10.3. The number of benzene rings is 7. The fraction of sp³-hybridized carbons (Fsp3) is 0.109. The molecule has 1 aliphatic carbocycles. The maximum absolute atomic E-state index is 5.29. The Labute approximate surface area is 288 Å². The highest BCUT2D eigenvalue weighted by Crippen LogP contribution is 2.54. The summed E-state index contributed by atoms with van der Waals surface area (Å²) in [5.41, 5.74) is 13.6. The fourth-order valence-corrected chi connectivity index (χ4v) is 7.82. The molecule has 3 nitrogen and oxygen atoms in total. The highest BCUT2D eigenvalue weighted by atomic mass is 15.3. The molecule has 0 aromatic heterocycles. The van der Waals surface area contributed by atoms with Gasteiger partial charge in [-0.1, -0.05) is 166 Å². The lowest BCUT2D eigenvalue weighted by molar-refractivity contribution is 0.409. The second-order valence-electron chi connectivity index (χ2n) is 13.7. The van der Waals surface area contributed by atoms with Crippen molar-refractivity contribution in [3.05, 3.63) is 192 Å². The van der Waals surface area contributed by atoms with Crippen LogP contribution in [0.25, 0.3) is 44.2 Å². The Balaban J connectivity index is 1.16. The van der Waals surface area contributed by atoms with E-state index < -0.39 is 0 Å². The van der Waals surface area contributed by atoms with Gasteiger partial charge in [-0.15, -0.1) is 0 Å². The van der Waals surface area contributed by atoms with Gasteiger partial charge in [-0.05, 0) is 78.5 Å². The van der Waals surface area contributed by atoms with Crippen LogP contribution in [0.3, 0.4) is 0 Å². The van der Waals surface area contributed by atoms with Gasteiger partial charge < -0.3 is 5.32 Å². The van der Waals surface area contributed by atoms with E-state index in [1.807, 2.05) is 0 Å². The molecule has 236 valence electrons. The van der Waals surface area contributed by atoms with Crippen LogP contribution in [0.4, 0.5) is 0 Å². The lowest BCUT2D eigenvalue weighted by Crippen LogP contribution is -2.44. The second-order valence-corrected chi connectivity index (χ2v) is 13.7. The molecule has 3 heteroatoms. The number of hydrogen-bond donors (Lipinski definition) is 2. The topological polar surface area (TPSA) is 36.4 Å². The van der Waals surface area contributed by atoms with E-state index in [1.165, 1.54) is 55.3 Å². The van der Waals surface area contributed by atoms with Crippen molar-refractivity contribution >= 4 is 16.6 Å². The molecule has 0 spiro atoms. The Bertz CT molecular complexity index is 2360. The minimum absolute atomic E-state index is 0.0881. The molecule has 0 saturated heterocycles. The zero-order valence-corrected chi connectivity index (χ0v) is 27.7. The van der Waals surface area contributed by atoms with Crippen molar-refractivity contribution in [2.45, 2.75) is 31.6 Å². The standard InChI is InChI=1S/C46H37N3/c1-46(2)39-23-12-11-22-38(39)42-40(46)29-34-18-9-10-21-37(34)41(42)35-19-13-20-36(28-35)45-48-43(32-16-7-4-8-17-32)47-44(49-45)33-26-24-31(25-27-33)30-14-5-3-6-15-30/h3-29,43-44,47H,1-2H3,(H,48,49). The molecule has 0 radical (unpaired) electrons. The summed E-state index contributed by atoms with van der Waals surface area (Å²) in [5, 5.41) is 10.1. The van der Waals surface area contributed by atoms with Gasteiger partial charge in [0.2, 0.25) is 0 Å². The minimum Gasteiger partial charge on any atom is -0.350 e. The molecule has 1 heterocycles. The van der Waals surface area contributed by atoms with Gasteiger partial charge in [0, 0.05) is 11.0 Å². The van der Waals surface area contributed by atoms with E-state index in [-0.39, 0.29) is 17.7 Å². The van der Waals surface area contributed by atoms with Crippen LogP contribution < -0.4 is 10.6 Å². The van der Waals surface area contributed by atoms with E-state index >= 15 is 0 Å². The average Bonchev–Trinajstić information content (AvgIpc) is 3.40. The number of aliphatic imine (C=N–C) groups is 1. The zero-order valence-electron chi connectivity index (χ0n) is 27.7. The van der Waals surface area contributed by atoms with Gasteiger partial charge in [0.15, 0.2) is 0 Å². The molecule has 2 atom stereocenters. The fourth-order valence-electron chi connectivity index (χ4n) is 7.82. The second kappa shape index (κ2) is 11.7. The van der Waals surface area contributed by atoms with Gasteiger partial charge >= 0.3 is 0 Å². The Hall–Kier alpha value is -5.77. The first-order valence-corrected chi connectivity index (χ1v) is 17.1. The van der Waals surface area contributed by atoms with Crippen molar-refractivity contribution < 1.29 is 0 Å². The third-order valence-corrected chi connectivity index (χ3v) is 10.3. The SMILES string of the molecule is CC1(C)c2ccccc2-c2c1cc1ccccc1c2-c1cccc(C2=NC(c3ccccc3)NC(c3ccc(-c4ccccc4)cc3)N2)c1. The monoisotopic (exact) mass is 631 g/mol. The predicted molar refractivity (Wildman–Crippen MR) is 204 cm³/mol. The van der Waals surface area contributed by atoms with E-state index in [2.05, 4.69) is 188 Å². The summed E-state index contributed by atoms with van der Waals surface area (Å²) in [5.74, 6) is 0.879. The molecule has 1 aliphatic heterocycles. The Morgan fingerprint density at radius 1 is 0.510 bits per heavy atom. The first kappa shape index (κ1) is 29.4. The normalized spacial score (nSPS) is 17.6. The van der Waals surface area contributed by atoms with Gasteiger partial charge in [-0.25, -0.2) is 4.99 Å². The van der Waals surface area contributed by atoms with Crippen LogP contribution >= 0.6 is 0 Å². The van der Waals surface area contributed by atoms with Crippen LogP contribution in [-0.2, 0) is 5.41 Å². The molecule has 0 saturated carbocycles. The molecule has 7 aromatic rings. The van der Waals surface area contributed by atoms with Gasteiger partial charge in [0.05, 0.1) is 0 Å². The first-order valence-electron chi connectivity index (χ1n) is 17.1. The van der Waals surface area contributed by atoms with Crippen LogP contribution in [0.15, 0.2) is 169 Å². The Morgan fingerprint density at radius 3 is 1.98 bits per heavy atom. The molecule has 2 N–H and O–H groups in total. The first-order chi connectivity index (χ1) is 24.0. The van der Waals surface area contributed by atoms with Crippen molar-refractivity contribution in [1.82, 2.24) is 10.6 Å². The highest BCUT2D eigenvalue weighted by Gasteiger charge is 2.37. The number of hydrogen-bond acceptors (Lipinski definition) is 3. The average molecular weight is 632 g/mol. The molecule has 0 fully saturated rings. The molecule has 49 heavy (non-hydrogen) atoms. The number of amidine groups is 1. The molecular formula is C46H37N3. The maximum Gasteiger partial charge on any atom is 0.131 e. The van der Waals surface area contributed by atoms with E-state index in [0.29, 0.717) is 0 Å². The van der Waals surface area contributed by atoms with Crippen molar-refractivity contribution in [2.75, 3.05) is 0 Å². The zero-order chi connectivity index (χ0) is 33.0. The largest absolute Gasteiger partial charge is 0.350 e. The van der Waals surface area contributed by atoms with E-state index in [4.69, 9.17) is 4.99 Å². The van der Waals surface area contributed by atoms with Gasteiger partial charge in [-0.2, -0.15) is 0 Å². The van der Waals surface area contributed by atoms with Crippen LogP contribution in [0, 0.1) is 0 Å². The maximum atomic E-state index is 5.29. The molecule has 7 aromatic carbocycles. The molecule has 2 unspecified atom stereocenters. The summed E-state index contributed by atoms with van der Waals surface area (Å²) in [6, 6.07) is 59.0. The van der Waals surface area contributed by atoms with Crippen molar-refractivity contribution in [3.8, 4) is 33.4 Å². The van der Waals surface area contributed by atoms with Crippen LogP contribution in [-0.4, -0.2) is 5.84 Å². The van der Waals surface area contributed by atoms with E-state index in [0.717, 1.165) is 22.5 Å². The van der Waals surface area contributed by atoms with Crippen molar-refractivity contribution in [3.63, 3.8) is 0 Å². The minimum atomic E-state index is -0.200. The number of nitrogens with zero attached hydrogens (tertiary/aromatic N) is 1. The number of rotatable bonds is 5. The van der Waals surface area contributed by atoms with E-state index in [1.54, 1.807) is 0 Å². The summed E-state index contributed by atoms with van der Waals surface area (Å²) in [6.45, 7) is 4.72. The van der Waals surface area contributed by atoms with Crippen LogP contribution in [0.1, 0.15) is 54.0 Å². The molecule has 9 rings (SSSR count). The quantitative estimate of drug-likeness (QED) is 0.198. The summed E-state index contributed by atoms with van der Waals surface area (Å²) in [6.07, 6.45) is -0.324. The lowest BCUT2D eigenvalue weighted by Gasteiger charge is -2.32. The molecule has 2 aliphatic rings. The predicted octanol–water partition coefficient (Wildman–Crippen LogP) is 10.8. The Kier molecular flexibility index (Phi) is 7.03. The molecular weight excluding hydrogens is 595 g/mol. The summed E-state index contributed by atoms with van der Waals surface area (Å²) >= 11 is 0. The molecule has 0 amide bonds. The Morgan fingerprint density at radius 2 is 1.16 bits per heavy atom. The summed E-state index contributed by atoms with van der Waals surface area (Å²) < 4.78 is 0. The van der Waals surface area contributed by atoms with Crippen LogP contribution in [0.2, 0.25) is 0 Å². The van der Waals surface area contributed by atoms with Crippen LogP contribution in [0.5, 0.6) is 0 Å².